The SMILES string of the molecule is C=C(Br)CNCc1ccc(-c2nc3ccccc3s2)o1. The number of thiazole rings is 1. The van der Waals surface area contributed by atoms with Crippen LogP contribution in [-0.2, 0) is 6.54 Å². The van der Waals surface area contributed by atoms with Crippen molar-refractivity contribution in [1.82, 2.24) is 10.3 Å². The molecule has 3 nitrogen and oxygen atoms in total. The zero-order chi connectivity index (χ0) is 13.9. The van der Waals surface area contributed by atoms with Crippen molar-refractivity contribution >= 4 is 37.5 Å². The number of nitrogens with zero attached hydrogens (tertiary/aromatic N) is 1. The van der Waals surface area contributed by atoms with Gasteiger partial charge in [0.1, 0.15) is 5.76 Å². The van der Waals surface area contributed by atoms with Gasteiger partial charge in [0.05, 0.1) is 16.8 Å². The first-order valence-corrected chi connectivity index (χ1v) is 7.82. The van der Waals surface area contributed by atoms with Gasteiger partial charge in [-0.1, -0.05) is 34.6 Å². The van der Waals surface area contributed by atoms with Gasteiger partial charge >= 0.3 is 0 Å². The molecule has 0 spiro atoms. The van der Waals surface area contributed by atoms with E-state index in [1.165, 1.54) is 4.70 Å². The molecular formula is C15H13BrN2OS. The number of hydrogen-bond acceptors (Lipinski definition) is 4. The highest BCUT2D eigenvalue weighted by molar-refractivity contribution is 9.11. The van der Waals surface area contributed by atoms with Crippen molar-refractivity contribution < 1.29 is 4.42 Å². The summed E-state index contributed by atoms with van der Waals surface area (Å²) in [5, 5.41) is 4.15. The zero-order valence-corrected chi connectivity index (χ0v) is 13.1. The molecule has 3 aromatic rings. The molecule has 1 aromatic carbocycles. The Kier molecular flexibility index (Phi) is 4.00. The predicted octanol–water partition coefficient (Wildman–Crippen LogP) is 4.55. The van der Waals surface area contributed by atoms with E-state index in [2.05, 4.69) is 38.9 Å². The molecule has 1 N–H and O–H groups in total. The van der Waals surface area contributed by atoms with Gasteiger partial charge in [-0.2, -0.15) is 0 Å². The van der Waals surface area contributed by atoms with Gasteiger partial charge in [0.2, 0.25) is 0 Å². The average Bonchev–Trinajstić information content (AvgIpc) is 3.03. The van der Waals surface area contributed by atoms with Crippen molar-refractivity contribution in [3.8, 4) is 10.8 Å². The Labute approximate surface area is 129 Å². The minimum absolute atomic E-state index is 0.676. The van der Waals surface area contributed by atoms with Crippen LogP contribution in [0.1, 0.15) is 5.76 Å². The van der Waals surface area contributed by atoms with Crippen LogP contribution >= 0.6 is 27.3 Å². The van der Waals surface area contributed by atoms with Gasteiger partial charge in [-0.25, -0.2) is 4.98 Å². The number of furan rings is 1. The summed E-state index contributed by atoms with van der Waals surface area (Å²) >= 11 is 4.96. The lowest BCUT2D eigenvalue weighted by atomic mass is 10.3. The first-order chi connectivity index (χ1) is 9.72. The summed E-state index contributed by atoms with van der Waals surface area (Å²) < 4.78 is 7.92. The number of para-hydroxylation sites is 1. The fourth-order valence-electron chi connectivity index (χ4n) is 1.89. The first kappa shape index (κ1) is 13.5. The molecule has 20 heavy (non-hydrogen) atoms. The minimum atomic E-state index is 0.676. The van der Waals surface area contributed by atoms with E-state index in [-0.39, 0.29) is 0 Å². The Balaban J connectivity index is 1.77. The first-order valence-electron chi connectivity index (χ1n) is 6.21. The summed E-state index contributed by atoms with van der Waals surface area (Å²) in [4.78, 5) is 4.59. The molecule has 0 radical (unpaired) electrons. The maximum atomic E-state index is 5.82. The lowest BCUT2D eigenvalue weighted by Crippen LogP contribution is -2.13. The lowest BCUT2D eigenvalue weighted by molar-refractivity contribution is 0.501. The van der Waals surface area contributed by atoms with Gasteiger partial charge in [0.15, 0.2) is 10.8 Å². The number of halogens is 1. The number of benzene rings is 1. The summed E-state index contributed by atoms with van der Waals surface area (Å²) in [6.07, 6.45) is 0. The van der Waals surface area contributed by atoms with E-state index in [1.54, 1.807) is 11.3 Å². The van der Waals surface area contributed by atoms with Crippen molar-refractivity contribution in [1.29, 1.82) is 0 Å². The summed E-state index contributed by atoms with van der Waals surface area (Å²) in [5.74, 6) is 1.72. The van der Waals surface area contributed by atoms with E-state index >= 15 is 0 Å². The highest BCUT2D eigenvalue weighted by atomic mass is 79.9. The van der Waals surface area contributed by atoms with Crippen LogP contribution in [0.15, 0.2) is 51.9 Å². The van der Waals surface area contributed by atoms with Crippen LogP contribution in [0.3, 0.4) is 0 Å². The molecule has 102 valence electrons. The fourth-order valence-corrected chi connectivity index (χ4v) is 3.01. The molecule has 0 aliphatic carbocycles. The third-order valence-corrected chi connectivity index (χ3v) is 4.11. The maximum absolute atomic E-state index is 5.82. The number of rotatable bonds is 5. The second kappa shape index (κ2) is 5.91. The number of hydrogen-bond donors (Lipinski definition) is 1. The summed E-state index contributed by atoms with van der Waals surface area (Å²) in [7, 11) is 0. The van der Waals surface area contributed by atoms with E-state index < -0.39 is 0 Å². The summed E-state index contributed by atoms with van der Waals surface area (Å²) in [6, 6.07) is 12.1. The van der Waals surface area contributed by atoms with Gasteiger partial charge in [-0.3, -0.25) is 0 Å². The maximum Gasteiger partial charge on any atom is 0.163 e. The van der Waals surface area contributed by atoms with E-state index in [9.17, 15) is 0 Å². The normalized spacial score (nSPS) is 11.1. The molecule has 0 amide bonds. The highest BCUT2D eigenvalue weighted by Gasteiger charge is 2.10. The Morgan fingerprint density at radius 1 is 1.30 bits per heavy atom. The van der Waals surface area contributed by atoms with Crippen molar-refractivity contribution in [2.75, 3.05) is 6.54 Å². The van der Waals surface area contributed by atoms with Crippen LogP contribution in [0, 0.1) is 0 Å². The van der Waals surface area contributed by atoms with Crippen molar-refractivity contribution in [3.63, 3.8) is 0 Å². The molecule has 0 bridgehead atoms. The quantitative estimate of drug-likeness (QED) is 0.734. The van der Waals surface area contributed by atoms with Gasteiger partial charge < -0.3 is 9.73 Å². The molecule has 0 aliphatic rings. The molecular weight excluding hydrogens is 336 g/mol. The molecule has 0 unspecified atom stereocenters. The standard InChI is InChI=1S/C15H13BrN2OS/c1-10(16)8-17-9-11-6-7-13(19-11)15-18-12-4-2-3-5-14(12)20-15/h2-7,17H,1,8-9H2. The van der Waals surface area contributed by atoms with Crippen LogP contribution in [0.5, 0.6) is 0 Å². The van der Waals surface area contributed by atoms with E-state index in [4.69, 9.17) is 4.42 Å². The second-order valence-corrected chi connectivity index (χ2v) is 6.53. The molecule has 2 aromatic heterocycles. The largest absolute Gasteiger partial charge is 0.457 e. The Bertz CT molecular complexity index is 714. The van der Waals surface area contributed by atoms with Gasteiger partial charge in [-0.15, -0.1) is 11.3 Å². The van der Waals surface area contributed by atoms with Crippen molar-refractivity contribution in [2.24, 2.45) is 0 Å². The molecule has 2 heterocycles. The van der Waals surface area contributed by atoms with Crippen LogP contribution < -0.4 is 5.32 Å². The van der Waals surface area contributed by atoms with Gasteiger partial charge in [0.25, 0.3) is 0 Å². The molecule has 3 rings (SSSR count). The summed E-state index contributed by atoms with van der Waals surface area (Å²) in [6.45, 7) is 5.17. The van der Waals surface area contributed by atoms with Crippen LogP contribution in [0.25, 0.3) is 21.0 Å². The Hall–Kier alpha value is -1.43. The third kappa shape index (κ3) is 3.00. The van der Waals surface area contributed by atoms with Crippen LogP contribution in [-0.4, -0.2) is 11.5 Å². The minimum Gasteiger partial charge on any atom is -0.457 e. The monoisotopic (exact) mass is 348 g/mol. The zero-order valence-electron chi connectivity index (χ0n) is 10.7. The number of nitrogens with one attached hydrogen (secondary N) is 1. The smallest absolute Gasteiger partial charge is 0.163 e. The number of aromatic nitrogens is 1. The van der Waals surface area contributed by atoms with Crippen molar-refractivity contribution in [3.05, 3.63) is 53.2 Å². The van der Waals surface area contributed by atoms with Gasteiger partial charge in [-0.05, 0) is 24.3 Å². The molecule has 0 saturated heterocycles. The Morgan fingerprint density at radius 2 is 2.15 bits per heavy atom. The molecule has 5 heteroatoms. The van der Waals surface area contributed by atoms with Crippen LogP contribution in [0.4, 0.5) is 0 Å². The van der Waals surface area contributed by atoms with Gasteiger partial charge in [0, 0.05) is 11.0 Å². The predicted molar refractivity (Wildman–Crippen MR) is 87.1 cm³/mol. The van der Waals surface area contributed by atoms with Crippen molar-refractivity contribution in [2.45, 2.75) is 6.54 Å². The average molecular weight is 349 g/mol. The topological polar surface area (TPSA) is 38.1 Å². The second-order valence-electron chi connectivity index (χ2n) is 4.37. The highest BCUT2D eigenvalue weighted by Crippen LogP contribution is 2.31. The van der Waals surface area contributed by atoms with Crippen LogP contribution in [0.2, 0.25) is 0 Å². The summed E-state index contributed by atoms with van der Waals surface area (Å²) in [5.41, 5.74) is 1.01. The molecule has 0 fully saturated rings. The van der Waals surface area contributed by atoms with E-state index in [0.29, 0.717) is 6.54 Å². The number of fused-ring (bicyclic) bond motifs is 1. The fraction of sp³-hybridized carbons (Fsp3) is 0.133. The van der Waals surface area contributed by atoms with E-state index in [0.717, 1.165) is 33.1 Å². The lowest BCUT2D eigenvalue weighted by Gasteiger charge is -1.99. The molecule has 0 aliphatic heterocycles. The Morgan fingerprint density at radius 3 is 2.95 bits per heavy atom. The van der Waals surface area contributed by atoms with E-state index in [1.807, 2.05) is 30.3 Å². The molecule has 0 atom stereocenters. The molecule has 0 saturated carbocycles. The third-order valence-electron chi connectivity index (χ3n) is 2.78.